The zero-order valence-electron chi connectivity index (χ0n) is 7.87. The van der Waals surface area contributed by atoms with Crippen LogP contribution in [-0.4, -0.2) is 21.2 Å². The number of hydrogen-bond donors (Lipinski definition) is 1. The monoisotopic (exact) mass is 207 g/mol. The molecule has 0 fully saturated rings. The number of rotatable bonds is 1. The minimum Gasteiger partial charge on any atom is -0.301 e. The Hall–Kier alpha value is -1.36. The number of H-pyrrole nitrogens is 1. The Kier molecular flexibility index (Phi) is 2.25. The van der Waals surface area contributed by atoms with Crippen LogP contribution in [0.5, 0.6) is 0 Å². The van der Waals surface area contributed by atoms with Crippen LogP contribution in [-0.2, 0) is 0 Å². The van der Waals surface area contributed by atoms with Crippen molar-refractivity contribution in [2.24, 2.45) is 0 Å². The van der Waals surface area contributed by atoms with Gasteiger partial charge in [0, 0.05) is 6.20 Å². The molecule has 4 nitrogen and oxygen atoms in total. The quantitative estimate of drug-likeness (QED) is 0.566. The van der Waals surface area contributed by atoms with Gasteiger partial charge in [-0.3, -0.25) is 4.79 Å². The van der Waals surface area contributed by atoms with E-state index in [1.54, 1.807) is 12.3 Å². The maximum absolute atomic E-state index is 11.6. The fraction of sp³-hybridized carbons (Fsp3) is 0.222. The molecule has 0 spiro atoms. The lowest BCUT2D eigenvalue weighted by Gasteiger charge is -1.99. The Morgan fingerprint density at radius 1 is 1.50 bits per heavy atom. The molecule has 2 aromatic rings. The third-order valence-electron chi connectivity index (χ3n) is 1.87. The summed E-state index contributed by atoms with van der Waals surface area (Å²) in [5, 5.41) is 1.14. The van der Waals surface area contributed by atoms with Gasteiger partial charge in [0.25, 0.3) is 5.56 Å². The largest absolute Gasteiger partial charge is 0.301 e. The minimum atomic E-state index is -0.129. The molecule has 0 unspecified atom stereocenters. The summed E-state index contributed by atoms with van der Waals surface area (Å²) in [6.07, 6.45) is 3.57. The predicted octanol–water partition coefficient (Wildman–Crippen LogP) is 1.35. The van der Waals surface area contributed by atoms with E-state index in [0.717, 1.165) is 5.56 Å². The van der Waals surface area contributed by atoms with Gasteiger partial charge in [0.15, 0.2) is 10.8 Å². The predicted molar refractivity (Wildman–Crippen MR) is 56.7 cm³/mol. The molecule has 5 heteroatoms. The molecule has 2 aromatic heterocycles. The Morgan fingerprint density at radius 2 is 2.29 bits per heavy atom. The average Bonchev–Trinajstić information content (AvgIpc) is 2.19. The second-order valence-electron chi connectivity index (χ2n) is 2.96. The van der Waals surface area contributed by atoms with E-state index in [9.17, 15) is 4.79 Å². The molecule has 0 bridgehead atoms. The van der Waals surface area contributed by atoms with Gasteiger partial charge >= 0.3 is 0 Å². The van der Waals surface area contributed by atoms with Crippen molar-refractivity contribution in [3.8, 4) is 0 Å². The molecule has 1 N–H and O–H groups in total. The second kappa shape index (κ2) is 3.42. The summed E-state index contributed by atoms with van der Waals surface area (Å²) in [4.78, 5) is 22.5. The first-order chi connectivity index (χ1) is 6.70. The van der Waals surface area contributed by atoms with Gasteiger partial charge in [0.05, 0.1) is 5.39 Å². The maximum Gasteiger partial charge on any atom is 0.261 e. The highest BCUT2D eigenvalue weighted by atomic mass is 32.2. The molecule has 0 saturated carbocycles. The standard InChI is InChI=1S/C9H9N3OS/c1-5-3-6-7(10-4-5)11-9(14-2)12-8(6)13/h3-4H,1-2H3,(H,10,11,12,13). The average molecular weight is 207 g/mol. The fourth-order valence-corrected chi connectivity index (χ4v) is 1.58. The van der Waals surface area contributed by atoms with Crippen LogP contribution in [0.15, 0.2) is 22.2 Å². The van der Waals surface area contributed by atoms with Gasteiger partial charge in [-0.05, 0) is 24.8 Å². The van der Waals surface area contributed by atoms with Crippen LogP contribution in [0.1, 0.15) is 5.56 Å². The third kappa shape index (κ3) is 1.50. The molecule has 2 heterocycles. The van der Waals surface area contributed by atoms with Gasteiger partial charge in [-0.1, -0.05) is 11.8 Å². The molecule has 0 saturated heterocycles. The van der Waals surface area contributed by atoms with Gasteiger partial charge in [0.1, 0.15) is 0 Å². The lowest BCUT2D eigenvalue weighted by molar-refractivity contribution is 0.963. The molecular weight excluding hydrogens is 198 g/mol. The van der Waals surface area contributed by atoms with E-state index >= 15 is 0 Å². The van der Waals surface area contributed by atoms with E-state index in [-0.39, 0.29) is 5.56 Å². The van der Waals surface area contributed by atoms with Crippen molar-refractivity contribution in [3.05, 3.63) is 28.2 Å². The minimum absolute atomic E-state index is 0.129. The first-order valence-electron chi connectivity index (χ1n) is 4.11. The number of nitrogens with zero attached hydrogens (tertiary/aromatic N) is 2. The summed E-state index contributed by atoms with van der Waals surface area (Å²) >= 11 is 1.40. The van der Waals surface area contributed by atoms with Gasteiger partial charge < -0.3 is 4.98 Å². The van der Waals surface area contributed by atoms with Crippen molar-refractivity contribution < 1.29 is 0 Å². The third-order valence-corrected chi connectivity index (χ3v) is 2.45. The molecule has 72 valence electrons. The Balaban J connectivity index is 2.83. The van der Waals surface area contributed by atoms with Crippen molar-refractivity contribution >= 4 is 22.8 Å². The lowest BCUT2D eigenvalue weighted by atomic mass is 10.2. The SMILES string of the molecule is CSc1nc2ncc(C)cc2c(=O)[nH]1. The lowest BCUT2D eigenvalue weighted by Crippen LogP contribution is -2.09. The molecular formula is C9H9N3OS. The number of aromatic amines is 1. The Bertz CT molecular complexity index is 535. The van der Waals surface area contributed by atoms with E-state index in [4.69, 9.17) is 0 Å². The van der Waals surface area contributed by atoms with E-state index in [2.05, 4.69) is 15.0 Å². The second-order valence-corrected chi connectivity index (χ2v) is 3.75. The highest BCUT2D eigenvalue weighted by Gasteiger charge is 2.03. The number of fused-ring (bicyclic) bond motifs is 1. The van der Waals surface area contributed by atoms with Crippen molar-refractivity contribution in [1.82, 2.24) is 15.0 Å². The summed E-state index contributed by atoms with van der Waals surface area (Å²) in [5.74, 6) is 0. The molecule has 0 atom stereocenters. The zero-order valence-corrected chi connectivity index (χ0v) is 8.68. The number of thioether (sulfide) groups is 1. The normalized spacial score (nSPS) is 10.7. The van der Waals surface area contributed by atoms with Crippen LogP contribution in [0.25, 0.3) is 11.0 Å². The zero-order chi connectivity index (χ0) is 10.1. The van der Waals surface area contributed by atoms with Gasteiger partial charge in [0.2, 0.25) is 0 Å². The van der Waals surface area contributed by atoms with Crippen LogP contribution >= 0.6 is 11.8 Å². The Labute approximate surface area is 84.8 Å². The van der Waals surface area contributed by atoms with Crippen LogP contribution in [0.2, 0.25) is 0 Å². The fourth-order valence-electron chi connectivity index (χ4n) is 1.20. The summed E-state index contributed by atoms with van der Waals surface area (Å²) in [7, 11) is 0. The van der Waals surface area contributed by atoms with Crippen LogP contribution in [0.4, 0.5) is 0 Å². The summed E-state index contributed by atoms with van der Waals surface area (Å²) < 4.78 is 0. The molecule has 0 aromatic carbocycles. The van der Waals surface area contributed by atoms with Crippen molar-refractivity contribution in [1.29, 1.82) is 0 Å². The molecule has 0 aliphatic heterocycles. The van der Waals surface area contributed by atoms with Crippen LogP contribution in [0.3, 0.4) is 0 Å². The van der Waals surface area contributed by atoms with Gasteiger partial charge in [-0.2, -0.15) is 0 Å². The van der Waals surface area contributed by atoms with E-state index in [0.29, 0.717) is 16.2 Å². The van der Waals surface area contributed by atoms with Crippen molar-refractivity contribution in [2.75, 3.05) is 6.26 Å². The highest BCUT2D eigenvalue weighted by molar-refractivity contribution is 7.98. The molecule has 2 rings (SSSR count). The van der Waals surface area contributed by atoms with E-state index in [1.807, 2.05) is 13.2 Å². The van der Waals surface area contributed by atoms with Crippen LogP contribution in [0, 0.1) is 6.92 Å². The van der Waals surface area contributed by atoms with Crippen molar-refractivity contribution in [3.63, 3.8) is 0 Å². The molecule has 0 amide bonds. The van der Waals surface area contributed by atoms with Gasteiger partial charge in [-0.15, -0.1) is 0 Å². The van der Waals surface area contributed by atoms with Crippen molar-refractivity contribution in [2.45, 2.75) is 12.1 Å². The topological polar surface area (TPSA) is 58.6 Å². The smallest absolute Gasteiger partial charge is 0.261 e. The first kappa shape index (κ1) is 9.21. The van der Waals surface area contributed by atoms with E-state index in [1.165, 1.54) is 11.8 Å². The van der Waals surface area contributed by atoms with E-state index < -0.39 is 0 Å². The highest BCUT2D eigenvalue weighted by Crippen LogP contribution is 2.10. The summed E-state index contributed by atoms with van der Waals surface area (Å²) in [5.41, 5.74) is 1.33. The molecule has 0 radical (unpaired) electrons. The number of hydrogen-bond acceptors (Lipinski definition) is 4. The van der Waals surface area contributed by atoms with Gasteiger partial charge in [-0.25, -0.2) is 9.97 Å². The van der Waals surface area contributed by atoms with Crippen LogP contribution < -0.4 is 5.56 Å². The number of aryl methyl sites for hydroxylation is 1. The summed E-state index contributed by atoms with van der Waals surface area (Å²) in [6, 6.07) is 1.79. The number of pyridine rings is 1. The molecule has 14 heavy (non-hydrogen) atoms. The maximum atomic E-state index is 11.6. The first-order valence-corrected chi connectivity index (χ1v) is 5.34. The molecule has 0 aliphatic carbocycles. The summed E-state index contributed by atoms with van der Waals surface area (Å²) in [6.45, 7) is 1.90. The Morgan fingerprint density at radius 3 is 3.00 bits per heavy atom. The molecule has 0 aliphatic rings. The number of nitrogens with one attached hydrogen (secondary N) is 1. The number of aromatic nitrogens is 3.